The molecule has 2 aromatic carbocycles. The van der Waals surface area contributed by atoms with E-state index in [4.69, 9.17) is 0 Å². The lowest BCUT2D eigenvalue weighted by atomic mass is 10.2. The van der Waals surface area contributed by atoms with Gasteiger partial charge in [0.15, 0.2) is 11.6 Å². The van der Waals surface area contributed by atoms with Gasteiger partial charge in [-0.15, -0.1) is 11.3 Å². The lowest BCUT2D eigenvalue weighted by Gasteiger charge is -2.19. The molecule has 0 radical (unpaired) electrons. The molecule has 0 spiro atoms. The van der Waals surface area contributed by atoms with Crippen molar-refractivity contribution in [1.29, 1.82) is 0 Å². The fourth-order valence-corrected chi connectivity index (χ4v) is 5.27. The summed E-state index contributed by atoms with van der Waals surface area (Å²) < 4.78 is 56.3. The fraction of sp³-hybridized carbons (Fsp3) is 0.227. The van der Waals surface area contributed by atoms with Crippen molar-refractivity contribution in [3.05, 3.63) is 76.0 Å². The molecule has 1 amide bonds. The van der Waals surface area contributed by atoms with Crippen LogP contribution in [0.2, 0.25) is 0 Å². The van der Waals surface area contributed by atoms with E-state index in [2.05, 4.69) is 10.0 Å². The first-order valence-corrected chi connectivity index (χ1v) is 12.4. The monoisotopic (exact) mass is 477 g/mol. The molecule has 3 aromatic rings. The largest absolute Gasteiger partial charge is 0.367 e. The zero-order valence-corrected chi connectivity index (χ0v) is 18.6. The first kappa shape index (κ1) is 22.4. The van der Waals surface area contributed by atoms with Gasteiger partial charge >= 0.3 is 0 Å². The van der Waals surface area contributed by atoms with Gasteiger partial charge in [0.2, 0.25) is 10.0 Å². The number of hydrogen-bond donors (Lipinski definition) is 2. The third-order valence-corrected chi connectivity index (χ3v) is 7.43. The molecule has 2 heterocycles. The first-order valence-electron chi connectivity index (χ1n) is 10.0. The molecule has 0 unspecified atom stereocenters. The molecule has 0 aliphatic carbocycles. The topological polar surface area (TPSA) is 78.5 Å². The maximum absolute atomic E-state index is 14.5. The number of nitrogens with one attached hydrogen (secondary N) is 2. The molecule has 0 atom stereocenters. The van der Waals surface area contributed by atoms with Crippen LogP contribution in [0.15, 0.2) is 58.8 Å². The Morgan fingerprint density at radius 3 is 2.28 bits per heavy atom. The van der Waals surface area contributed by atoms with Crippen molar-refractivity contribution in [2.75, 3.05) is 23.3 Å². The summed E-state index contributed by atoms with van der Waals surface area (Å²) in [6, 6.07) is 11.1. The highest BCUT2D eigenvalue weighted by Gasteiger charge is 2.22. The molecule has 10 heteroatoms. The van der Waals surface area contributed by atoms with E-state index >= 15 is 0 Å². The number of carbonyl (C=O) groups is 1. The fourth-order valence-electron chi connectivity index (χ4n) is 3.53. The van der Waals surface area contributed by atoms with Gasteiger partial charge in [-0.25, -0.2) is 21.9 Å². The Balaban J connectivity index is 1.43. The zero-order valence-electron chi connectivity index (χ0n) is 17.0. The van der Waals surface area contributed by atoms with Crippen LogP contribution in [0, 0.1) is 11.6 Å². The molecule has 2 N–H and O–H groups in total. The predicted octanol–water partition coefficient (Wildman–Crippen LogP) is 4.36. The van der Waals surface area contributed by atoms with Gasteiger partial charge in [-0.1, -0.05) is 6.07 Å². The Kier molecular flexibility index (Phi) is 6.54. The molecule has 1 saturated heterocycles. The zero-order chi connectivity index (χ0) is 22.7. The van der Waals surface area contributed by atoms with Crippen LogP contribution >= 0.6 is 11.3 Å². The number of thiophene rings is 1. The normalized spacial score (nSPS) is 14.0. The minimum atomic E-state index is -3.74. The second kappa shape index (κ2) is 9.35. The van der Waals surface area contributed by atoms with E-state index in [0.717, 1.165) is 29.9 Å². The second-order valence-corrected chi connectivity index (χ2v) is 10.2. The molecule has 32 heavy (non-hydrogen) atoms. The number of rotatable bonds is 7. The van der Waals surface area contributed by atoms with Gasteiger partial charge < -0.3 is 10.2 Å². The van der Waals surface area contributed by atoms with Gasteiger partial charge in [-0.3, -0.25) is 4.79 Å². The number of anilines is 2. The molecule has 4 rings (SSSR count). The maximum Gasteiger partial charge on any atom is 0.255 e. The summed E-state index contributed by atoms with van der Waals surface area (Å²) in [7, 11) is -3.74. The third-order valence-electron chi connectivity index (χ3n) is 5.14. The molecule has 1 aliphatic rings. The van der Waals surface area contributed by atoms with Crippen LogP contribution in [-0.2, 0) is 16.6 Å². The molecule has 1 aliphatic heterocycles. The number of halogens is 2. The van der Waals surface area contributed by atoms with Crippen LogP contribution in [0.4, 0.5) is 20.2 Å². The van der Waals surface area contributed by atoms with E-state index in [9.17, 15) is 22.0 Å². The van der Waals surface area contributed by atoms with Crippen molar-refractivity contribution in [2.45, 2.75) is 24.3 Å². The summed E-state index contributed by atoms with van der Waals surface area (Å²) in [5, 5.41) is 4.31. The maximum atomic E-state index is 14.5. The molecule has 1 aromatic heterocycles. The lowest BCUT2D eigenvalue weighted by molar-refractivity contribution is 0.102. The third kappa shape index (κ3) is 4.98. The van der Waals surface area contributed by atoms with E-state index in [1.807, 2.05) is 17.5 Å². The summed E-state index contributed by atoms with van der Waals surface area (Å²) in [5.74, 6) is -2.07. The highest BCUT2D eigenvalue weighted by molar-refractivity contribution is 7.89. The second-order valence-electron chi connectivity index (χ2n) is 7.37. The highest BCUT2D eigenvalue weighted by Crippen LogP contribution is 2.30. The van der Waals surface area contributed by atoms with Gasteiger partial charge in [-0.2, -0.15) is 0 Å². The standard InChI is InChI=1S/C22H21F2N3O3S2/c23-19-12-16(13-20(24)21(19)27-9-1-2-10-27)26-22(28)15-5-7-18(8-6-15)32(29,30)25-14-17-4-3-11-31-17/h3-8,11-13,25H,1-2,9-10,14H2,(H,26,28). The Morgan fingerprint density at radius 2 is 1.69 bits per heavy atom. The van der Waals surface area contributed by atoms with Crippen LogP contribution < -0.4 is 14.9 Å². The van der Waals surface area contributed by atoms with Crippen molar-refractivity contribution in [3.63, 3.8) is 0 Å². The van der Waals surface area contributed by atoms with Crippen LogP contribution in [0.25, 0.3) is 0 Å². The quantitative estimate of drug-likeness (QED) is 0.530. The Hall–Kier alpha value is -2.82. The van der Waals surface area contributed by atoms with Crippen molar-refractivity contribution in [3.8, 4) is 0 Å². The number of sulfonamides is 1. The molecular formula is C22H21F2N3O3S2. The molecule has 1 fully saturated rings. The summed E-state index contributed by atoms with van der Waals surface area (Å²) in [5.41, 5.74) is 0.0685. The van der Waals surface area contributed by atoms with Gasteiger partial charge in [-0.05, 0) is 60.7 Å². The van der Waals surface area contributed by atoms with Crippen LogP contribution in [0.1, 0.15) is 28.1 Å². The average Bonchev–Trinajstić information content (AvgIpc) is 3.46. The minimum absolute atomic E-state index is 0.0117. The highest BCUT2D eigenvalue weighted by atomic mass is 32.2. The Labute approximate surface area is 188 Å². The Bertz CT molecular complexity index is 1180. The van der Waals surface area contributed by atoms with E-state index in [-0.39, 0.29) is 28.4 Å². The van der Waals surface area contributed by atoms with Crippen LogP contribution in [0.5, 0.6) is 0 Å². The molecular weight excluding hydrogens is 456 g/mol. The Morgan fingerprint density at radius 1 is 1.03 bits per heavy atom. The molecule has 168 valence electrons. The van der Waals surface area contributed by atoms with Crippen molar-refractivity contribution in [1.82, 2.24) is 4.72 Å². The van der Waals surface area contributed by atoms with Gasteiger partial charge in [0.25, 0.3) is 5.91 Å². The summed E-state index contributed by atoms with van der Waals surface area (Å²) in [6.45, 7) is 1.36. The summed E-state index contributed by atoms with van der Waals surface area (Å²) in [4.78, 5) is 15.0. The number of hydrogen-bond acceptors (Lipinski definition) is 5. The lowest BCUT2D eigenvalue weighted by Crippen LogP contribution is -2.23. The van der Waals surface area contributed by atoms with Crippen LogP contribution in [0.3, 0.4) is 0 Å². The first-order chi connectivity index (χ1) is 15.3. The van der Waals surface area contributed by atoms with Crippen molar-refractivity contribution in [2.24, 2.45) is 0 Å². The minimum Gasteiger partial charge on any atom is -0.367 e. The number of carbonyl (C=O) groups excluding carboxylic acids is 1. The molecule has 0 bridgehead atoms. The van der Waals surface area contributed by atoms with E-state index in [0.29, 0.717) is 13.1 Å². The van der Waals surface area contributed by atoms with Gasteiger partial charge in [0, 0.05) is 35.8 Å². The number of nitrogens with zero attached hydrogens (tertiary/aromatic N) is 1. The SMILES string of the molecule is O=C(Nc1cc(F)c(N2CCCC2)c(F)c1)c1ccc(S(=O)(=O)NCc2cccs2)cc1. The van der Waals surface area contributed by atoms with Crippen molar-refractivity contribution < 1.29 is 22.0 Å². The van der Waals surface area contributed by atoms with Crippen molar-refractivity contribution >= 4 is 38.6 Å². The smallest absolute Gasteiger partial charge is 0.255 e. The number of amides is 1. The van der Waals surface area contributed by atoms with E-state index in [1.54, 1.807) is 4.90 Å². The molecule has 6 nitrogen and oxygen atoms in total. The summed E-state index contributed by atoms with van der Waals surface area (Å²) in [6.07, 6.45) is 1.76. The average molecular weight is 478 g/mol. The summed E-state index contributed by atoms with van der Waals surface area (Å²) >= 11 is 1.44. The number of benzene rings is 2. The van der Waals surface area contributed by atoms with Gasteiger partial charge in [0.05, 0.1) is 4.90 Å². The van der Waals surface area contributed by atoms with E-state index < -0.39 is 27.6 Å². The van der Waals surface area contributed by atoms with Gasteiger partial charge in [0.1, 0.15) is 5.69 Å². The van der Waals surface area contributed by atoms with E-state index in [1.165, 1.54) is 35.6 Å². The van der Waals surface area contributed by atoms with Crippen LogP contribution in [-0.4, -0.2) is 27.4 Å². The predicted molar refractivity (Wildman–Crippen MR) is 121 cm³/mol. The molecule has 0 saturated carbocycles.